The predicted octanol–water partition coefficient (Wildman–Crippen LogP) is 0.350. The molecule has 0 aromatic heterocycles. The van der Waals surface area contributed by atoms with Crippen molar-refractivity contribution in [3.63, 3.8) is 0 Å². The van der Waals surface area contributed by atoms with E-state index >= 15 is 0 Å². The zero-order valence-corrected chi connectivity index (χ0v) is 13.7. The molecule has 7 heteroatoms. The van der Waals surface area contributed by atoms with Crippen molar-refractivity contribution >= 4 is 17.8 Å². The van der Waals surface area contributed by atoms with E-state index in [0.29, 0.717) is 17.7 Å². The van der Waals surface area contributed by atoms with Gasteiger partial charge in [-0.3, -0.25) is 14.4 Å². The quantitative estimate of drug-likeness (QED) is 0.751. The molecule has 2 saturated heterocycles. The summed E-state index contributed by atoms with van der Waals surface area (Å²) in [4.78, 5) is 40.1. The van der Waals surface area contributed by atoms with Crippen molar-refractivity contribution in [2.45, 2.75) is 6.61 Å². The number of nitrogens with zero attached hydrogens (tertiary/aromatic N) is 2. The van der Waals surface area contributed by atoms with E-state index < -0.39 is 17.3 Å². The second kappa shape index (κ2) is 6.33. The third-order valence-electron chi connectivity index (χ3n) is 5.07. The number of carbonyl (C=O) groups excluding carboxylic acids is 2. The van der Waals surface area contributed by atoms with Crippen molar-refractivity contribution in [2.75, 3.05) is 26.2 Å². The number of benzene rings is 1. The van der Waals surface area contributed by atoms with Crippen LogP contribution in [0.1, 0.15) is 15.9 Å². The highest BCUT2D eigenvalue weighted by Crippen LogP contribution is 2.44. The van der Waals surface area contributed by atoms with Gasteiger partial charge in [0, 0.05) is 31.7 Å². The smallest absolute Gasteiger partial charge is 0.314 e. The van der Waals surface area contributed by atoms with Gasteiger partial charge in [-0.25, -0.2) is 0 Å². The van der Waals surface area contributed by atoms with Crippen LogP contribution in [0.4, 0.5) is 0 Å². The second-order valence-corrected chi connectivity index (χ2v) is 6.56. The van der Waals surface area contributed by atoms with Gasteiger partial charge in [0.15, 0.2) is 0 Å². The van der Waals surface area contributed by atoms with Crippen LogP contribution in [0.2, 0.25) is 0 Å². The summed E-state index contributed by atoms with van der Waals surface area (Å²) < 4.78 is 0. The molecule has 1 unspecified atom stereocenters. The Hall–Kier alpha value is -2.67. The molecule has 2 amide bonds. The molecule has 0 aliphatic carbocycles. The first kappa shape index (κ1) is 17.2. The SMILES string of the molecule is C=CCN1C[C@@]2(C(=O)O)CN(C(=O)c3ccc(CO)cc3)CC2C1=O. The number of aliphatic hydroxyl groups excluding tert-OH is 1. The van der Waals surface area contributed by atoms with Crippen molar-refractivity contribution in [3.05, 3.63) is 48.0 Å². The van der Waals surface area contributed by atoms with Crippen LogP contribution in [0.3, 0.4) is 0 Å². The van der Waals surface area contributed by atoms with Gasteiger partial charge in [-0.2, -0.15) is 0 Å². The van der Waals surface area contributed by atoms with Crippen molar-refractivity contribution < 1.29 is 24.6 Å². The number of rotatable bonds is 5. The van der Waals surface area contributed by atoms with E-state index in [2.05, 4.69) is 6.58 Å². The maximum Gasteiger partial charge on any atom is 0.314 e. The lowest BCUT2D eigenvalue weighted by atomic mass is 9.81. The maximum atomic E-state index is 12.7. The Morgan fingerprint density at radius 1 is 1.28 bits per heavy atom. The summed E-state index contributed by atoms with van der Waals surface area (Å²) in [7, 11) is 0. The molecular formula is C18H20N2O5. The van der Waals surface area contributed by atoms with Crippen molar-refractivity contribution in [1.82, 2.24) is 9.80 Å². The van der Waals surface area contributed by atoms with E-state index in [0.717, 1.165) is 0 Å². The highest BCUT2D eigenvalue weighted by molar-refractivity contribution is 5.98. The lowest BCUT2D eigenvalue weighted by molar-refractivity contribution is -0.149. The Kier molecular flexibility index (Phi) is 4.34. The summed E-state index contributed by atoms with van der Waals surface area (Å²) in [5, 5.41) is 18.8. The standard InChI is InChI=1S/C18H20N2O5/c1-2-7-19-10-18(17(24)25)11-20(8-14(18)16(19)23)15(22)13-5-3-12(9-21)4-6-13/h2-6,14,21H,1,7-11H2,(H,24,25)/t14?,18-/m1/s1. The summed E-state index contributed by atoms with van der Waals surface area (Å²) in [6.45, 7) is 3.98. The van der Waals surface area contributed by atoms with Gasteiger partial charge in [0.2, 0.25) is 5.91 Å². The van der Waals surface area contributed by atoms with Crippen molar-refractivity contribution in [3.8, 4) is 0 Å². The van der Waals surface area contributed by atoms with Gasteiger partial charge in [0.25, 0.3) is 5.91 Å². The maximum absolute atomic E-state index is 12.7. The van der Waals surface area contributed by atoms with E-state index in [1.165, 1.54) is 9.80 Å². The fourth-order valence-corrected chi connectivity index (χ4v) is 3.71. The van der Waals surface area contributed by atoms with Crippen LogP contribution in [-0.2, 0) is 16.2 Å². The Morgan fingerprint density at radius 3 is 2.48 bits per heavy atom. The lowest BCUT2D eigenvalue weighted by Gasteiger charge is -2.24. The highest BCUT2D eigenvalue weighted by Gasteiger charge is 2.62. The lowest BCUT2D eigenvalue weighted by Crippen LogP contribution is -2.42. The number of hydrogen-bond acceptors (Lipinski definition) is 4. The van der Waals surface area contributed by atoms with Gasteiger partial charge >= 0.3 is 5.97 Å². The zero-order chi connectivity index (χ0) is 18.2. The van der Waals surface area contributed by atoms with Gasteiger partial charge in [-0.05, 0) is 17.7 Å². The topological polar surface area (TPSA) is 98.2 Å². The van der Waals surface area contributed by atoms with Gasteiger partial charge in [0.1, 0.15) is 5.41 Å². The summed E-state index contributed by atoms with van der Waals surface area (Å²) >= 11 is 0. The van der Waals surface area contributed by atoms with Crippen LogP contribution >= 0.6 is 0 Å². The number of likely N-dealkylation sites (tertiary alicyclic amines) is 2. The van der Waals surface area contributed by atoms with Crippen LogP contribution in [0.15, 0.2) is 36.9 Å². The molecule has 25 heavy (non-hydrogen) atoms. The number of amides is 2. The number of aliphatic hydroxyl groups is 1. The van der Waals surface area contributed by atoms with Gasteiger partial charge in [0.05, 0.1) is 12.5 Å². The van der Waals surface area contributed by atoms with Crippen molar-refractivity contribution in [1.29, 1.82) is 0 Å². The molecule has 2 aliphatic rings. The minimum atomic E-state index is -1.26. The summed E-state index contributed by atoms with van der Waals surface area (Å²) in [6, 6.07) is 6.49. The van der Waals surface area contributed by atoms with Crippen molar-refractivity contribution in [2.24, 2.45) is 11.3 Å². The molecule has 0 radical (unpaired) electrons. The monoisotopic (exact) mass is 344 g/mol. The molecule has 0 saturated carbocycles. The van der Waals surface area contributed by atoms with E-state index in [9.17, 15) is 19.5 Å². The molecule has 0 spiro atoms. The highest BCUT2D eigenvalue weighted by atomic mass is 16.4. The molecule has 0 bridgehead atoms. The van der Waals surface area contributed by atoms with E-state index in [4.69, 9.17) is 5.11 Å². The second-order valence-electron chi connectivity index (χ2n) is 6.56. The molecular weight excluding hydrogens is 324 g/mol. The third kappa shape index (κ3) is 2.70. The fraction of sp³-hybridized carbons (Fsp3) is 0.389. The summed E-state index contributed by atoms with van der Waals surface area (Å²) in [5.41, 5.74) is -0.166. The van der Waals surface area contributed by atoms with Gasteiger partial charge in [-0.15, -0.1) is 6.58 Å². The molecule has 2 N–H and O–H groups in total. The number of carbonyl (C=O) groups is 3. The minimum Gasteiger partial charge on any atom is -0.481 e. The van der Waals surface area contributed by atoms with Gasteiger partial charge in [-0.1, -0.05) is 18.2 Å². The summed E-state index contributed by atoms with van der Waals surface area (Å²) in [6.07, 6.45) is 1.57. The first-order valence-electron chi connectivity index (χ1n) is 8.05. The van der Waals surface area contributed by atoms with Gasteiger partial charge < -0.3 is 20.0 Å². The molecule has 2 aliphatic heterocycles. The van der Waals surface area contributed by atoms with Crippen LogP contribution < -0.4 is 0 Å². The molecule has 2 atom stereocenters. The van der Waals surface area contributed by atoms with Crippen LogP contribution in [0.25, 0.3) is 0 Å². The largest absolute Gasteiger partial charge is 0.481 e. The van der Waals surface area contributed by atoms with Crippen LogP contribution in [-0.4, -0.2) is 64.0 Å². The Morgan fingerprint density at radius 2 is 1.96 bits per heavy atom. The molecule has 1 aromatic carbocycles. The Labute approximate surface area is 145 Å². The molecule has 3 rings (SSSR count). The molecule has 132 valence electrons. The Balaban J connectivity index is 1.83. The van der Waals surface area contributed by atoms with E-state index in [1.54, 1.807) is 30.3 Å². The third-order valence-corrected chi connectivity index (χ3v) is 5.07. The molecule has 1 aromatic rings. The number of carboxylic acid groups (broad SMARTS) is 1. The Bertz CT molecular complexity index is 729. The fourth-order valence-electron chi connectivity index (χ4n) is 3.71. The van der Waals surface area contributed by atoms with Crippen LogP contribution in [0, 0.1) is 11.3 Å². The number of carboxylic acids is 1. The number of fused-ring (bicyclic) bond motifs is 1. The van der Waals surface area contributed by atoms with E-state index in [-0.39, 0.29) is 38.1 Å². The predicted molar refractivity (Wildman–Crippen MR) is 88.6 cm³/mol. The van der Waals surface area contributed by atoms with Crippen LogP contribution in [0.5, 0.6) is 0 Å². The first-order valence-corrected chi connectivity index (χ1v) is 8.05. The number of aliphatic carboxylic acids is 1. The number of hydrogen-bond donors (Lipinski definition) is 2. The normalized spacial score (nSPS) is 25.2. The average Bonchev–Trinajstić information content (AvgIpc) is 3.11. The molecule has 2 fully saturated rings. The molecule has 2 heterocycles. The first-order chi connectivity index (χ1) is 11.9. The zero-order valence-electron chi connectivity index (χ0n) is 13.7. The minimum absolute atomic E-state index is 0.00691. The van der Waals surface area contributed by atoms with E-state index in [1.807, 2.05) is 0 Å². The molecule has 7 nitrogen and oxygen atoms in total. The average molecular weight is 344 g/mol. The summed E-state index contributed by atoms with van der Waals surface area (Å²) in [5.74, 6) is -2.33.